The van der Waals surface area contributed by atoms with Crippen LogP contribution in [0.3, 0.4) is 0 Å². The minimum atomic E-state index is -3.01. The second-order valence-electron chi connectivity index (χ2n) is 4.48. The Kier molecular flexibility index (Phi) is 5.08. The SMILES string of the molecule is C[S](=O)(=O)[Ru][C@H](c1ccccc1)[C@H](N)c1ccccc1. The van der Waals surface area contributed by atoms with Crippen molar-refractivity contribution in [3.05, 3.63) is 71.8 Å². The molecule has 0 aliphatic carbocycles. The maximum absolute atomic E-state index is 11.7. The fourth-order valence-electron chi connectivity index (χ4n) is 1.94. The van der Waals surface area contributed by atoms with Gasteiger partial charge in [0.15, 0.2) is 0 Å². The molecule has 0 bridgehead atoms. The average Bonchev–Trinajstić information content (AvgIpc) is 2.45. The molecule has 0 aliphatic rings. The molecule has 5 heteroatoms. The molecule has 0 aliphatic heterocycles. The summed E-state index contributed by atoms with van der Waals surface area (Å²) in [5.41, 5.74) is 8.30. The van der Waals surface area contributed by atoms with Gasteiger partial charge in [-0.15, -0.1) is 0 Å². The first-order valence-electron chi connectivity index (χ1n) is 6.16. The molecule has 2 aromatic rings. The molecule has 2 rings (SSSR count). The summed E-state index contributed by atoms with van der Waals surface area (Å²) in [6.07, 6.45) is 1.29. The Hall–Kier alpha value is -1.03. The quantitative estimate of drug-likeness (QED) is 0.816. The van der Waals surface area contributed by atoms with Crippen LogP contribution in [-0.2, 0) is 23.7 Å². The zero-order valence-corrected chi connectivity index (χ0v) is 13.6. The standard InChI is InChI=1S/C14H14N.CH3O2S.Ru/c15-14(13-9-5-2-6-10-13)11-12-7-3-1-4-8-12;1-4(2)3;/h1-11,14H,15H2;1H3;/t14-;;/m0../s1. The van der Waals surface area contributed by atoms with E-state index in [0.717, 1.165) is 11.1 Å². The summed E-state index contributed by atoms with van der Waals surface area (Å²) in [6.45, 7) is 0. The Morgan fingerprint density at radius 3 is 1.80 bits per heavy atom. The molecular weight excluding hydrogens is 359 g/mol. The van der Waals surface area contributed by atoms with Gasteiger partial charge in [-0.2, -0.15) is 0 Å². The Morgan fingerprint density at radius 1 is 0.900 bits per heavy atom. The van der Waals surface area contributed by atoms with E-state index in [1.807, 2.05) is 60.7 Å². The monoisotopic (exact) mass is 377 g/mol. The van der Waals surface area contributed by atoms with Crippen LogP contribution in [0.5, 0.6) is 0 Å². The number of nitrogens with two attached hydrogens (primary N) is 1. The molecule has 0 amide bonds. The van der Waals surface area contributed by atoms with Gasteiger partial charge in [-0.25, -0.2) is 0 Å². The van der Waals surface area contributed by atoms with E-state index >= 15 is 0 Å². The fourth-order valence-corrected chi connectivity index (χ4v) is 7.02. The Labute approximate surface area is 126 Å². The molecule has 0 radical (unpaired) electrons. The molecule has 0 spiro atoms. The summed E-state index contributed by atoms with van der Waals surface area (Å²) in [6, 6.07) is 19.0. The van der Waals surface area contributed by atoms with Crippen molar-refractivity contribution in [1.29, 1.82) is 0 Å². The summed E-state index contributed by atoms with van der Waals surface area (Å²) in [5, 5.41) is 0. The molecule has 2 N–H and O–H groups in total. The van der Waals surface area contributed by atoms with Crippen LogP contribution < -0.4 is 5.73 Å². The van der Waals surface area contributed by atoms with E-state index < -0.39 is 23.7 Å². The molecular formula is C15H17NO2RuS. The molecule has 0 unspecified atom stereocenters. The van der Waals surface area contributed by atoms with E-state index in [1.165, 1.54) is 6.26 Å². The predicted molar refractivity (Wildman–Crippen MR) is 77.4 cm³/mol. The van der Waals surface area contributed by atoms with Gasteiger partial charge < -0.3 is 0 Å². The van der Waals surface area contributed by atoms with Crippen LogP contribution in [0.15, 0.2) is 60.7 Å². The van der Waals surface area contributed by atoms with E-state index in [1.54, 1.807) is 0 Å². The van der Waals surface area contributed by atoms with Gasteiger partial charge in [0, 0.05) is 0 Å². The van der Waals surface area contributed by atoms with Crippen molar-refractivity contribution in [3.8, 4) is 0 Å². The van der Waals surface area contributed by atoms with Gasteiger partial charge in [0.2, 0.25) is 0 Å². The van der Waals surface area contributed by atoms with Crippen LogP contribution in [0.1, 0.15) is 21.7 Å². The van der Waals surface area contributed by atoms with E-state index in [0.29, 0.717) is 0 Å². The van der Waals surface area contributed by atoms with Crippen molar-refractivity contribution in [2.75, 3.05) is 6.26 Å². The first kappa shape index (κ1) is 15.4. The number of rotatable bonds is 5. The summed E-state index contributed by atoms with van der Waals surface area (Å²) in [5.74, 6) is 0. The number of hydrogen-bond acceptors (Lipinski definition) is 3. The van der Waals surface area contributed by atoms with Crippen molar-refractivity contribution in [2.45, 2.75) is 10.6 Å². The molecule has 0 saturated carbocycles. The number of benzene rings is 2. The van der Waals surface area contributed by atoms with Crippen LogP contribution in [0.4, 0.5) is 0 Å². The molecule has 108 valence electrons. The summed E-state index contributed by atoms with van der Waals surface area (Å²) >= 11 is -0.876. The third-order valence-electron chi connectivity index (χ3n) is 2.84. The van der Waals surface area contributed by atoms with Gasteiger partial charge in [0.05, 0.1) is 0 Å². The van der Waals surface area contributed by atoms with Gasteiger partial charge in [0.25, 0.3) is 0 Å². The van der Waals surface area contributed by atoms with Gasteiger partial charge in [-0.1, -0.05) is 0 Å². The van der Waals surface area contributed by atoms with Crippen LogP contribution in [-0.4, -0.2) is 14.7 Å². The predicted octanol–water partition coefficient (Wildman–Crippen LogP) is 2.47. The second kappa shape index (κ2) is 6.62. The van der Waals surface area contributed by atoms with Crippen LogP contribution >= 0.6 is 0 Å². The molecule has 2 atom stereocenters. The van der Waals surface area contributed by atoms with Gasteiger partial charge in [0.1, 0.15) is 0 Å². The summed E-state index contributed by atoms with van der Waals surface area (Å²) in [7, 11) is -3.01. The van der Waals surface area contributed by atoms with E-state index in [2.05, 4.69) is 0 Å². The Morgan fingerprint density at radius 2 is 1.35 bits per heavy atom. The van der Waals surface area contributed by atoms with Gasteiger partial charge >= 0.3 is 126 Å². The van der Waals surface area contributed by atoms with Crippen molar-refractivity contribution in [2.24, 2.45) is 5.73 Å². The van der Waals surface area contributed by atoms with Gasteiger partial charge in [-0.05, 0) is 0 Å². The topological polar surface area (TPSA) is 60.2 Å². The van der Waals surface area contributed by atoms with Crippen molar-refractivity contribution < 1.29 is 24.3 Å². The van der Waals surface area contributed by atoms with E-state index in [4.69, 9.17) is 5.73 Å². The summed E-state index contributed by atoms with van der Waals surface area (Å²) < 4.78 is 23.3. The van der Waals surface area contributed by atoms with Crippen molar-refractivity contribution in [3.63, 3.8) is 0 Å². The summed E-state index contributed by atoms with van der Waals surface area (Å²) in [4.78, 5) is 0. The molecule has 20 heavy (non-hydrogen) atoms. The van der Waals surface area contributed by atoms with Gasteiger partial charge in [-0.3, -0.25) is 0 Å². The molecule has 0 fully saturated rings. The minimum absolute atomic E-state index is 0.152. The van der Waals surface area contributed by atoms with Crippen LogP contribution in [0, 0.1) is 0 Å². The van der Waals surface area contributed by atoms with Crippen molar-refractivity contribution >= 4 is 7.83 Å². The zero-order valence-electron chi connectivity index (χ0n) is 11.1. The Balaban J connectivity index is 2.37. The second-order valence-corrected chi connectivity index (χ2v) is 12.2. The van der Waals surface area contributed by atoms with Crippen LogP contribution in [0.2, 0.25) is 0 Å². The maximum atomic E-state index is 11.7. The zero-order chi connectivity index (χ0) is 14.6. The molecule has 0 heterocycles. The first-order valence-corrected chi connectivity index (χ1v) is 11.1. The third kappa shape index (κ3) is 4.24. The van der Waals surface area contributed by atoms with E-state index in [-0.39, 0.29) is 10.6 Å². The average molecular weight is 376 g/mol. The first-order chi connectivity index (χ1) is 9.47. The Bertz CT molecular complexity index is 644. The van der Waals surface area contributed by atoms with Crippen LogP contribution in [0.25, 0.3) is 0 Å². The molecule has 3 nitrogen and oxygen atoms in total. The normalized spacial score (nSPS) is 14.9. The van der Waals surface area contributed by atoms with Crippen molar-refractivity contribution in [1.82, 2.24) is 0 Å². The third-order valence-corrected chi connectivity index (χ3v) is 8.08. The van der Waals surface area contributed by atoms with E-state index in [9.17, 15) is 8.42 Å². The fraction of sp³-hybridized carbons (Fsp3) is 0.200. The molecule has 0 saturated heterocycles. The number of hydrogen-bond donors (Lipinski definition) is 1. The molecule has 2 aromatic carbocycles. The molecule has 0 aromatic heterocycles.